The third-order valence-corrected chi connectivity index (χ3v) is 4.41. The molecule has 3 aromatic rings. The quantitative estimate of drug-likeness (QED) is 0.156. The normalized spacial score (nSPS) is 11.5. The molecule has 0 aliphatic heterocycles. The van der Waals surface area contributed by atoms with Gasteiger partial charge in [0.05, 0.1) is 4.92 Å². The molecule has 28 heavy (non-hydrogen) atoms. The van der Waals surface area contributed by atoms with Gasteiger partial charge in [0.15, 0.2) is 23.1 Å². The number of aromatic nitrogens is 1. The number of anilines is 1. The molecule has 2 aromatic carbocycles. The number of non-ortho nitro benzene ring substituents is 1. The third-order valence-electron chi connectivity index (χ3n) is 3.87. The molecule has 8 heteroatoms. The van der Waals surface area contributed by atoms with Crippen LogP contribution in [0, 0.1) is 10.1 Å². The van der Waals surface area contributed by atoms with Gasteiger partial charge in [-0.1, -0.05) is 29.9 Å². The summed E-state index contributed by atoms with van der Waals surface area (Å²) in [6.07, 6.45) is 3.49. The van der Waals surface area contributed by atoms with Gasteiger partial charge in [-0.25, -0.2) is 0 Å². The Hall–Kier alpha value is -3.29. The Bertz CT molecular complexity index is 1040. The SMILES string of the molecule is O=[N+]([O-])c1ccc(/C(O)=C(/C(=S)Nc2ccc(Cl)cc2)[n+]2ccccc2)cc1. The number of halogens is 1. The lowest BCUT2D eigenvalue weighted by Gasteiger charge is -2.10. The second kappa shape index (κ2) is 8.60. The van der Waals surface area contributed by atoms with Crippen molar-refractivity contribution in [1.82, 2.24) is 0 Å². The highest BCUT2D eigenvalue weighted by Crippen LogP contribution is 2.22. The Morgan fingerprint density at radius 1 is 1.04 bits per heavy atom. The first-order valence-corrected chi connectivity index (χ1v) is 8.96. The lowest BCUT2D eigenvalue weighted by atomic mass is 10.1. The van der Waals surface area contributed by atoms with Crippen LogP contribution in [0.25, 0.3) is 11.5 Å². The van der Waals surface area contributed by atoms with Crippen LogP contribution in [-0.4, -0.2) is 15.0 Å². The average Bonchev–Trinajstić information content (AvgIpc) is 2.70. The van der Waals surface area contributed by atoms with Gasteiger partial charge in [0.25, 0.3) is 11.4 Å². The first kappa shape index (κ1) is 19.5. The van der Waals surface area contributed by atoms with Gasteiger partial charge in [0.2, 0.25) is 0 Å². The highest BCUT2D eigenvalue weighted by Gasteiger charge is 2.24. The molecule has 0 aliphatic rings. The Kier molecular flexibility index (Phi) is 5.98. The molecule has 2 N–H and O–H groups in total. The summed E-state index contributed by atoms with van der Waals surface area (Å²) in [6, 6.07) is 18.0. The maximum Gasteiger partial charge on any atom is 0.288 e. The van der Waals surface area contributed by atoms with Gasteiger partial charge in [-0.2, -0.15) is 4.57 Å². The lowest BCUT2D eigenvalue weighted by molar-refractivity contribution is -0.575. The fourth-order valence-corrected chi connectivity index (χ4v) is 2.94. The van der Waals surface area contributed by atoms with Crippen LogP contribution in [0.15, 0.2) is 79.1 Å². The van der Waals surface area contributed by atoms with Crippen molar-refractivity contribution in [3.63, 3.8) is 0 Å². The van der Waals surface area contributed by atoms with E-state index in [-0.39, 0.29) is 16.4 Å². The van der Waals surface area contributed by atoms with Crippen molar-refractivity contribution < 1.29 is 14.6 Å². The van der Waals surface area contributed by atoms with Crippen molar-refractivity contribution in [2.45, 2.75) is 0 Å². The van der Waals surface area contributed by atoms with Crippen LogP contribution >= 0.6 is 23.8 Å². The van der Waals surface area contributed by atoms with Crippen molar-refractivity contribution in [3.8, 4) is 0 Å². The molecule has 0 saturated heterocycles. The number of hydrogen-bond donors (Lipinski definition) is 2. The molecule has 0 amide bonds. The summed E-state index contributed by atoms with van der Waals surface area (Å²) >= 11 is 11.4. The summed E-state index contributed by atoms with van der Waals surface area (Å²) in [7, 11) is 0. The number of thiocarbonyl (C=S) groups is 1. The molecule has 0 atom stereocenters. The molecule has 0 aliphatic carbocycles. The minimum absolute atomic E-state index is 0.0627. The van der Waals surface area contributed by atoms with Gasteiger partial charge >= 0.3 is 0 Å². The molecule has 0 saturated carbocycles. The van der Waals surface area contributed by atoms with Crippen molar-refractivity contribution in [3.05, 3.63) is 99.8 Å². The van der Waals surface area contributed by atoms with Gasteiger partial charge < -0.3 is 10.4 Å². The van der Waals surface area contributed by atoms with E-state index < -0.39 is 4.92 Å². The van der Waals surface area contributed by atoms with E-state index in [2.05, 4.69) is 5.32 Å². The number of aliphatic hydroxyl groups excluding tert-OH is 1. The molecule has 0 spiro atoms. The second-order valence-corrected chi connectivity index (χ2v) is 6.59. The lowest BCUT2D eigenvalue weighted by Crippen LogP contribution is -2.38. The first-order chi connectivity index (χ1) is 13.5. The molecule has 3 rings (SSSR count). The number of nitro groups is 1. The van der Waals surface area contributed by atoms with Crippen molar-refractivity contribution in [1.29, 1.82) is 0 Å². The number of benzene rings is 2. The molecule has 0 fully saturated rings. The van der Waals surface area contributed by atoms with Gasteiger partial charge in [-0.3, -0.25) is 10.1 Å². The van der Waals surface area contributed by atoms with Crippen molar-refractivity contribution in [2.75, 3.05) is 5.32 Å². The molecule has 0 unspecified atom stereocenters. The van der Waals surface area contributed by atoms with E-state index in [4.69, 9.17) is 23.8 Å². The second-order valence-electron chi connectivity index (χ2n) is 5.74. The number of nitrogens with zero attached hydrogens (tertiary/aromatic N) is 2. The standard InChI is InChI=1S/C20H14ClN3O3S/c21-15-6-8-16(9-7-15)22-20(28)18(23-12-2-1-3-13-23)19(25)14-4-10-17(11-5-14)24(26)27/h1-13H,(H-,22,25,28)/p+1. The molecule has 0 bridgehead atoms. The topological polar surface area (TPSA) is 79.3 Å². The van der Waals surface area contributed by atoms with Gasteiger partial charge in [0, 0.05) is 40.5 Å². The summed E-state index contributed by atoms with van der Waals surface area (Å²) in [5.74, 6) is -0.113. The van der Waals surface area contributed by atoms with Gasteiger partial charge in [0.1, 0.15) is 0 Å². The summed E-state index contributed by atoms with van der Waals surface area (Å²) in [4.78, 5) is 10.6. The Morgan fingerprint density at radius 3 is 2.21 bits per heavy atom. The van der Waals surface area contributed by atoms with Crippen molar-refractivity contribution >= 4 is 51.6 Å². The zero-order valence-corrected chi connectivity index (χ0v) is 16.0. The van der Waals surface area contributed by atoms with E-state index in [0.29, 0.717) is 22.0 Å². The fourth-order valence-electron chi connectivity index (χ4n) is 2.50. The zero-order valence-electron chi connectivity index (χ0n) is 14.4. The maximum absolute atomic E-state index is 10.9. The molecule has 0 radical (unpaired) electrons. The van der Waals surface area contributed by atoms with Crippen LogP contribution in [-0.2, 0) is 0 Å². The van der Waals surface area contributed by atoms with Crippen LogP contribution in [0.4, 0.5) is 11.4 Å². The Labute approximate surface area is 171 Å². The minimum Gasteiger partial charge on any atom is -0.502 e. The molecular weight excluding hydrogens is 398 g/mol. The van der Waals surface area contributed by atoms with Gasteiger partial charge in [-0.05, 0) is 36.4 Å². The Morgan fingerprint density at radius 2 is 1.64 bits per heavy atom. The van der Waals surface area contributed by atoms with E-state index in [0.717, 1.165) is 0 Å². The van der Waals surface area contributed by atoms with E-state index in [9.17, 15) is 15.2 Å². The van der Waals surface area contributed by atoms with E-state index in [1.807, 2.05) is 6.07 Å². The zero-order chi connectivity index (χ0) is 20.1. The maximum atomic E-state index is 10.9. The number of hydrogen-bond acceptors (Lipinski definition) is 4. The molecule has 1 heterocycles. The first-order valence-electron chi connectivity index (χ1n) is 8.17. The molecule has 140 valence electrons. The summed E-state index contributed by atoms with van der Waals surface area (Å²) in [6.45, 7) is 0. The average molecular weight is 413 g/mol. The predicted octanol–water partition coefficient (Wildman–Crippen LogP) is 4.86. The van der Waals surface area contributed by atoms with Gasteiger partial charge in [-0.15, -0.1) is 0 Å². The Balaban J connectivity index is 2.03. The third kappa shape index (κ3) is 4.51. The number of rotatable bonds is 5. The van der Waals surface area contributed by atoms with Crippen LogP contribution in [0.5, 0.6) is 0 Å². The number of nitrogens with one attached hydrogen (secondary N) is 1. The number of pyridine rings is 1. The van der Waals surface area contributed by atoms with Crippen LogP contribution < -0.4 is 9.88 Å². The predicted molar refractivity (Wildman–Crippen MR) is 113 cm³/mol. The fraction of sp³-hybridized carbons (Fsp3) is 0. The largest absolute Gasteiger partial charge is 0.502 e. The summed E-state index contributed by atoms with van der Waals surface area (Å²) in [5, 5.41) is 25.4. The summed E-state index contributed by atoms with van der Waals surface area (Å²) in [5.41, 5.74) is 1.38. The highest BCUT2D eigenvalue weighted by atomic mass is 35.5. The van der Waals surface area contributed by atoms with Crippen LogP contribution in [0.1, 0.15) is 5.56 Å². The van der Waals surface area contributed by atoms with E-state index in [1.54, 1.807) is 53.4 Å². The van der Waals surface area contributed by atoms with Crippen LogP contribution in [0.2, 0.25) is 5.02 Å². The number of nitro benzene ring substituents is 1. The van der Waals surface area contributed by atoms with Crippen molar-refractivity contribution in [2.24, 2.45) is 0 Å². The minimum atomic E-state index is -0.496. The monoisotopic (exact) mass is 412 g/mol. The smallest absolute Gasteiger partial charge is 0.288 e. The number of aliphatic hydroxyl groups is 1. The van der Waals surface area contributed by atoms with E-state index >= 15 is 0 Å². The van der Waals surface area contributed by atoms with E-state index in [1.165, 1.54) is 24.3 Å². The molecule has 6 nitrogen and oxygen atoms in total. The highest BCUT2D eigenvalue weighted by molar-refractivity contribution is 7.81. The van der Waals surface area contributed by atoms with Crippen LogP contribution in [0.3, 0.4) is 0 Å². The molecule has 1 aromatic heterocycles. The summed E-state index contributed by atoms with van der Waals surface area (Å²) < 4.78 is 1.67. The molecular formula is C20H15ClN3O3S+.